The lowest BCUT2D eigenvalue weighted by Crippen LogP contribution is -2.46. The number of aromatic nitrogens is 3. The first-order valence-corrected chi connectivity index (χ1v) is 9.08. The Labute approximate surface area is 171 Å². The first kappa shape index (κ1) is 21.5. The highest BCUT2D eigenvalue weighted by molar-refractivity contribution is 5.85. The van der Waals surface area contributed by atoms with E-state index in [1.54, 1.807) is 12.1 Å². The van der Waals surface area contributed by atoms with Crippen LogP contribution in [0.25, 0.3) is 11.4 Å². The maximum absolute atomic E-state index is 14.1. The molecule has 0 bridgehead atoms. The molecule has 1 unspecified atom stereocenters. The maximum atomic E-state index is 14.1. The van der Waals surface area contributed by atoms with Crippen LogP contribution < -0.4 is 5.73 Å². The quantitative estimate of drug-likeness (QED) is 0.781. The molecule has 0 spiro atoms. The van der Waals surface area contributed by atoms with Crippen molar-refractivity contribution in [3.63, 3.8) is 0 Å². The van der Waals surface area contributed by atoms with Crippen molar-refractivity contribution in [1.29, 1.82) is 0 Å². The van der Waals surface area contributed by atoms with Crippen LogP contribution in [0.1, 0.15) is 31.6 Å². The monoisotopic (exact) mass is 431 g/mol. The van der Waals surface area contributed by atoms with Gasteiger partial charge in [-0.1, -0.05) is 5.16 Å². The molecule has 0 aromatic carbocycles. The number of pyridine rings is 1. The minimum absolute atomic E-state index is 0. The van der Waals surface area contributed by atoms with Gasteiger partial charge in [0.05, 0.1) is 0 Å². The molecule has 2 aromatic rings. The Hall–Kier alpha value is -2.20. The number of hydrogen-bond acceptors (Lipinski definition) is 6. The number of carbonyl (C=O) groups is 1. The van der Waals surface area contributed by atoms with Crippen molar-refractivity contribution >= 4 is 18.3 Å². The number of nitrogens with zero attached hydrogens (tertiary/aromatic N) is 4. The summed E-state index contributed by atoms with van der Waals surface area (Å²) < 4.78 is 47.2. The van der Waals surface area contributed by atoms with E-state index in [1.807, 2.05) is 0 Å². The average molecular weight is 432 g/mol. The number of carbonyl (C=O) groups excluding carboxylic acids is 1. The van der Waals surface area contributed by atoms with Gasteiger partial charge in [-0.15, -0.1) is 12.4 Å². The molecule has 1 aliphatic heterocycles. The van der Waals surface area contributed by atoms with Gasteiger partial charge in [0.25, 0.3) is 0 Å². The number of likely N-dealkylation sites (tertiary alicyclic amines) is 1. The third kappa shape index (κ3) is 3.83. The van der Waals surface area contributed by atoms with Crippen molar-refractivity contribution in [2.24, 2.45) is 11.1 Å². The van der Waals surface area contributed by atoms with Crippen LogP contribution in [-0.4, -0.2) is 51.7 Å². The molecule has 1 saturated carbocycles. The molecule has 0 radical (unpaired) electrons. The first-order valence-electron chi connectivity index (χ1n) is 9.08. The highest BCUT2D eigenvalue weighted by Crippen LogP contribution is 2.50. The van der Waals surface area contributed by atoms with E-state index in [0.29, 0.717) is 12.1 Å². The van der Waals surface area contributed by atoms with Crippen molar-refractivity contribution in [3.05, 3.63) is 30.4 Å². The summed E-state index contributed by atoms with van der Waals surface area (Å²) in [6, 6.07) is 3.17. The fourth-order valence-corrected chi connectivity index (χ4v) is 3.65. The van der Waals surface area contributed by atoms with E-state index in [1.165, 1.54) is 17.3 Å². The summed E-state index contributed by atoms with van der Waals surface area (Å²) in [6.45, 7) is -0.157. The lowest BCUT2D eigenvalue weighted by molar-refractivity contribution is -0.193. The predicted molar refractivity (Wildman–Crippen MR) is 99.0 cm³/mol. The number of nitrogens with two attached hydrogens (primary N) is 1. The highest BCUT2D eigenvalue weighted by Gasteiger charge is 2.63. The minimum Gasteiger partial charge on any atom is -0.341 e. The van der Waals surface area contributed by atoms with E-state index in [4.69, 9.17) is 10.3 Å². The molecule has 2 fully saturated rings. The van der Waals surface area contributed by atoms with Crippen LogP contribution in [0.5, 0.6) is 0 Å². The molecule has 2 N–H and O–H groups in total. The Morgan fingerprint density at radius 2 is 1.93 bits per heavy atom. The van der Waals surface area contributed by atoms with Gasteiger partial charge in [-0.3, -0.25) is 9.78 Å². The molecule has 29 heavy (non-hydrogen) atoms. The molecule has 158 valence electrons. The van der Waals surface area contributed by atoms with Crippen molar-refractivity contribution in [3.8, 4) is 11.4 Å². The van der Waals surface area contributed by atoms with Crippen molar-refractivity contribution in [2.45, 2.75) is 37.3 Å². The van der Waals surface area contributed by atoms with Crippen LogP contribution in [0.2, 0.25) is 0 Å². The molecule has 1 saturated heterocycles. The molecule has 2 aliphatic rings. The second-order valence-electron chi connectivity index (χ2n) is 7.69. The van der Waals surface area contributed by atoms with Gasteiger partial charge >= 0.3 is 6.18 Å². The average Bonchev–Trinajstić information content (AvgIpc) is 3.10. The molecule has 1 aliphatic carbocycles. The second-order valence-corrected chi connectivity index (χ2v) is 7.69. The Bertz CT molecular complexity index is 872. The third-order valence-electron chi connectivity index (χ3n) is 5.85. The van der Waals surface area contributed by atoms with Gasteiger partial charge in [0.1, 0.15) is 0 Å². The molecular weight excluding hydrogens is 411 g/mol. The van der Waals surface area contributed by atoms with Crippen LogP contribution in [0, 0.1) is 5.41 Å². The van der Waals surface area contributed by atoms with Gasteiger partial charge in [-0.2, -0.15) is 18.2 Å². The van der Waals surface area contributed by atoms with Crippen LogP contribution >= 0.6 is 12.4 Å². The number of rotatable bonds is 5. The van der Waals surface area contributed by atoms with E-state index < -0.39 is 24.0 Å². The van der Waals surface area contributed by atoms with Gasteiger partial charge in [0.2, 0.25) is 17.6 Å². The topological polar surface area (TPSA) is 98.1 Å². The largest absolute Gasteiger partial charge is 0.405 e. The predicted octanol–water partition coefficient (Wildman–Crippen LogP) is 2.71. The van der Waals surface area contributed by atoms with E-state index in [-0.39, 0.29) is 48.9 Å². The fourth-order valence-electron chi connectivity index (χ4n) is 3.65. The Morgan fingerprint density at radius 3 is 2.52 bits per heavy atom. The summed E-state index contributed by atoms with van der Waals surface area (Å²) >= 11 is 0. The van der Waals surface area contributed by atoms with Gasteiger partial charge in [0.15, 0.2) is 5.41 Å². The number of alkyl halides is 3. The molecule has 1 atom stereocenters. The fraction of sp³-hybridized carbons (Fsp3) is 0.556. The van der Waals surface area contributed by atoms with Crippen LogP contribution in [0.15, 0.2) is 29.0 Å². The smallest absolute Gasteiger partial charge is 0.341 e. The summed E-state index contributed by atoms with van der Waals surface area (Å²) in [6.07, 6.45) is -0.0917. The van der Waals surface area contributed by atoms with Crippen LogP contribution in [0.4, 0.5) is 13.2 Å². The molecule has 3 heterocycles. The van der Waals surface area contributed by atoms with E-state index in [9.17, 15) is 18.0 Å². The van der Waals surface area contributed by atoms with Crippen molar-refractivity contribution in [2.75, 3.05) is 19.6 Å². The number of halogens is 4. The zero-order valence-corrected chi connectivity index (χ0v) is 16.3. The maximum Gasteiger partial charge on any atom is 0.405 e. The highest BCUT2D eigenvalue weighted by atomic mass is 35.5. The number of amides is 1. The Kier molecular flexibility index (Phi) is 5.61. The van der Waals surface area contributed by atoms with Gasteiger partial charge < -0.3 is 15.2 Å². The first-order chi connectivity index (χ1) is 13.3. The Balaban J connectivity index is 0.00000240. The molecular formula is C18H21ClF3N5O2. The summed E-state index contributed by atoms with van der Waals surface area (Å²) in [7, 11) is 0. The standard InChI is InChI=1S/C18H20F3N5O2.ClH/c19-18(20,21)17(15-24-14(25-28-15)12-1-6-23-7-2-12)5-8-26(11-17)13(27)9-16(10-22)3-4-16;/h1-2,6-7H,3-5,8-11,22H2;1H. The zero-order valence-electron chi connectivity index (χ0n) is 15.5. The molecule has 1 amide bonds. The van der Waals surface area contributed by atoms with Crippen molar-refractivity contribution in [1.82, 2.24) is 20.0 Å². The molecule has 2 aromatic heterocycles. The summed E-state index contributed by atoms with van der Waals surface area (Å²) in [4.78, 5) is 21.7. The zero-order chi connectivity index (χ0) is 20.0. The summed E-state index contributed by atoms with van der Waals surface area (Å²) in [5, 5.41) is 3.71. The van der Waals surface area contributed by atoms with Crippen molar-refractivity contribution < 1.29 is 22.5 Å². The summed E-state index contributed by atoms with van der Waals surface area (Å²) in [5.41, 5.74) is 3.61. The normalized spacial score (nSPS) is 23.0. The van der Waals surface area contributed by atoms with Gasteiger partial charge in [0, 0.05) is 37.5 Å². The molecule has 11 heteroatoms. The SMILES string of the molecule is Cl.NCC1(CC(=O)N2CCC(c3nc(-c4ccncc4)no3)(C(F)(F)F)C2)CC1. The van der Waals surface area contributed by atoms with E-state index in [0.717, 1.165) is 12.8 Å². The van der Waals surface area contributed by atoms with E-state index >= 15 is 0 Å². The lowest BCUT2D eigenvalue weighted by atomic mass is 9.86. The lowest BCUT2D eigenvalue weighted by Gasteiger charge is -2.28. The molecule has 7 nitrogen and oxygen atoms in total. The van der Waals surface area contributed by atoms with Gasteiger partial charge in [-0.05, 0) is 43.4 Å². The van der Waals surface area contributed by atoms with E-state index in [2.05, 4.69) is 15.1 Å². The second kappa shape index (κ2) is 7.56. The van der Waals surface area contributed by atoms with Gasteiger partial charge in [-0.25, -0.2) is 0 Å². The third-order valence-corrected chi connectivity index (χ3v) is 5.85. The minimum atomic E-state index is -4.63. The van der Waals surface area contributed by atoms with Crippen LogP contribution in [0.3, 0.4) is 0 Å². The summed E-state index contributed by atoms with van der Waals surface area (Å²) in [5.74, 6) is -0.754. The number of hydrogen-bond donors (Lipinski definition) is 1. The van der Waals surface area contributed by atoms with Crippen LogP contribution in [-0.2, 0) is 10.2 Å². The Morgan fingerprint density at radius 1 is 1.24 bits per heavy atom. The molecule has 4 rings (SSSR count).